The molecule has 2 aromatic rings. The van der Waals surface area contributed by atoms with Gasteiger partial charge in [-0.05, 0) is 42.0 Å². The molecule has 4 nitrogen and oxygen atoms in total. The summed E-state index contributed by atoms with van der Waals surface area (Å²) in [5.41, 5.74) is 1.86. The molecule has 0 aliphatic heterocycles. The van der Waals surface area contributed by atoms with Crippen molar-refractivity contribution in [2.45, 2.75) is 0 Å². The van der Waals surface area contributed by atoms with Gasteiger partial charge in [0.25, 0.3) is 5.91 Å². The molecule has 0 bridgehead atoms. The molecular weight excluding hydrogens is 316 g/mol. The van der Waals surface area contributed by atoms with Gasteiger partial charge in [-0.15, -0.1) is 0 Å². The molecule has 2 rings (SSSR count). The van der Waals surface area contributed by atoms with Crippen LogP contribution in [0.5, 0.6) is 0 Å². The van der Waals surface area contributed by atoms with Crippen molar-refractivity contribution < 1.29 is 23.6 Å². The van der Waals surface area contributed by atoms with Gasteiger partial charge in [-0.2, -0.15) is 0 Å². The van der Waals surface area contributed by atoms with E-state index in [0.29, 0.717) is 5.56 Å². The van der Waals surface area contributed by atoms with Crippen LogP contribution in [0, 0.1) is 11.6 Å². The minimum absolute atomic E-state index is 0.0938. The average Bonchev–Trinajstić information content (AvgIpc) is 2.58. The van der Waals surface area contributed by atoms with Crippen LogP contribution in [0.3, 0.4) is 0 Å². The monoisotopic (exact) mass is 329 g/mol. The van der Waals surface area contributed by atoms with Crippen LogP contribution in [0.4, 0.5) is 8.78 Å². The standard InChI is InChI=1S/C18H13F2NO3/c19-15-4-2-1-3-14(15)17(22)9-8-13-7-5-12(11-16(13)20)6-10-18(23)21-24/h1-11,24H,(H,21,23)/b9-8+,10-6+. The van der Waals surface area contributed by atoms with Gasteiger partial charge >= 0.3 is 0 Å². The minimum atomic E-state index is -0.741. The number of benzene rings is 2. The van der Waals surface area contributed by atoms with Gasteiger partial charge in [0.05, 0.1) is 5.56 Å². The van der Waals surface area contributed by atoms with Gasteiger partial charge < -0.3 is 0 Å². The predicted molar refractivity (Wildman–Crippen MR) is 85.1 cm³/mol. The maximum atomic E-state index is 14.0. The smallest absolute Gasteiger partial charge is 0.267 e. The summed E-state index contributed by atoms with van der Waals surface area (Å²) in [6, 6.07) is 9.62. The molecule has 2 N–H and O–H groups in total. The molecule has 0 unspecified atom stereocenters. The lowest BCUT2D eigenvalue weighted by molar-refractivity contribution is -0.124. The van der Waals surface area contributed by atoms with E-state index in [1.165, 1.54) is 54.0 Å². The van der Waals surface area contributed by atoms with Gasteiger partial charge in [-0.3, -0.25) is 14.8 Å². The Morgan fingerprint density at radius 3 is 2.38 bits per heavy atom. The van der Waals surface area contributed by atoms with Gasteiger partial charge in [0.15, 0.2) is 5.78 Å². The van der Waals surface area contributed by atoms with Crippen molar-refractivity contribution in [1.29, 1.82) is 0 Å². The fourth-order valence-corrected chi connectivity index (χ4v) is 1.91. The van der Waals surface area contributed by atoms with E-state index in [0.717, 1.165) is 18.2 Å². The maximum absolute atomic E-state index is 14.0. The van der Waals surface area contributed by atoms with Crippen molar-refractivity contribution in [2.75, 3.05) is 0 Å². The van der Waals surface area contributed by atoms with Crippen molar-refractivity contribution >= 4 is 23.8 Å². The Bertz CT molecular complexity index is 829. The van der Waals surface area contributed by atoms with Gasteiger partial charge in [-0.25, -0.2) is 14.3 Å². The van der Waals surface area contributed by atoms with Gasteiger partial charge in [0.2, 0.25) is 0 Å². The summed E-state index contributed by atoms with van der Waals surface area (Å²) < 4.78 is 27.5. The summed E-state index contributed by atoms with van der Waals surface area (Å²) >= 11 is 0. The summed E-state index contributed by atoms with van der Waals surface area (Å²) in [5.74, 6) is -2.57. The van der Waals surface area contributed by atoms with Crippen LogP contribution in [-0.4, -0.2) is 16.9 Å². The highest BCUT2D eigenvalue weighted by Crippen LogP contribution is 2.15. The Morgan fingerprint density at radius 2 is 1.71 bits per heavy atom. The maximum Gasteiger partial charge on any atom is 0.267 e. The molecule has 122 valence electrons. The first kappa shape index (κ1) is 17.2. The number of amides is 1. The fraction of sp³-hybridized carbons (Fsp3) is 0. The topological polar surface area (TPSA) is 66.4 Å². The number of carbonyl (C=O) groups excluding carboxylic acids is 2. The molecule has 1 amide bonds. The van der Waals surface area contributed by atoms with Crippen molar-refractivity contribution in [2.24, 2.45) is 0 Å². The average molecular weight is 329 g/mol. The zero-order valence-electron chi connectivity index (χ0n) is 12.4. The molecule has 2 aromatic carbocycles. The zero-order chi connectivity index (χ0) is 17.5. The Hall–Kier alpha value is -3.12. The highest BCUT2D eigenvalue weighted by Gasteiger charge is 2.08. The van der Waals surface area contributed by atoms with E-state index in [4.69, 9.17) is 5.21 Å². The number of halogens is 2. The molecule has 0 heterocycles. The molecule has 0 fully saturated rings. The first-order valence-electron chi connectivity index (χ1n) is 6.90. The number of rotatable bonds is 5. The molecule has 0 atom stereocenters. The third-order valence-electron chi connectivity index (χ3n) is 3.12. The lowest BCUT2D eigenvalue weighted by atomic mass is 10.1. The van der Waals surface area contributed by atoms with E-state index < -0.39 is 23.3 Å². The number of hydrogen-bond acceptors (Lipinski definition) is 3. The molecule has 6 heteroatoms. The summed E-state index contributed by atoms with van der Waals surface area (Å²) in [6.45, 7) is 0. The molecule has 0 saturated heterocycles. The SMILES string of the molecule is O=C(/C=C/c1ccc(/C=C/C(=O)c2ccccc2F)c(F)c1)NO. The van der Waals surface area contributed by atoms with Crippen molar-refractivity contribution in [3.8, 4) is 0 Å². The first-order chi connectivity index (χ1) is 11.5. The van der Waals surface area contributed by atoms with Crippen molar-refractivity contribution in [1.82, 2.24) is 5.48 Å². The summed E-state index contributed by atoms with van der Waals surface area (Å²) in [4.78, 5) is 22.8. The van der Waals surface area contributed by atoms with Crippen LogP contribution in [-0.2, 0) is 4.79 Å². The minimum Gasteiger partial charge on any atom is -0.289 e. The number of nitrogens with one attached hydrogen (secondary N) is 1. The number of ketones is 1. The molecule has 0 aliphatic carbocycles. The van der Waals surface area contributed by atoms with Crippen LogP contribution in [0.2, 0.25) is 0 Å². The molecular formula is C18H13F2NO3. The zero-order valence-corrected chi connectivity index (χ0v) is 12.4. The fourth-order valence-electron chi connectivity index (χ4n) is 1.91. The molecule has 24 heavy (non-hydrogen) atoms. The van der Waals surface area contributed by atoms with Crippen LogP contribution < -0.4 is 5.48 Å². The third-order valence-corrected chi connectivity index (χ3v) is 3.12. The third kappa shape index (κ3) is 4.44. The van der Waals surface area contributed by atoms with Crippen molar-refractivity contribution in [3.05, 3.63) is 82.9 Å². The van der Waals surface area contributed by atoms with Crippen molar-refractivity contribution in [3.63, 3.8) is 0 Å². The lowest BCUT2D eigenvalue weighted by Crippen LogP contribution is -2.14. The number of hydrogen-bond donors (Lipinski definition) is 2. The molecule has 0 spiro atoms. The van der Waals surface area contributed by atoms with Crippen LogP contribution in [0.25, 0.3) is 12.2 Å². The van der Waals surface area contributed by atoms with Crippen LogP contribution >= 0.6 is 0 Å². The summed E-state index contributed by atoms with van der Waals surface area (Å²) in [7, 11) is 0. The number of hydroxylamine groups is 1. The van der Waals surface area contributed by atoms with Gasteiger partial charge in [-0.1, -0.05) is 24.3 Å². The Morgan fingerprint density at radius 1 is 0.958 bits per heavy atom. The van der Waals surface area contributed by atoms with E-state index in [-0.39, 0.29) is 11.1 Å². The molecule has 0 aromatic heterocycles. The highest BCUT2D eigenvalue weighted by molar-refractivity contribution is 6.07. The normalized spacial score (nSPS) is 11.1. The van der Waals surface area contributed by atoms with Gasteiger partial charge in [0, 0.05) is 11.6 Å². The van der Waals surface area contributed by atoms with E-state index in [1.54, 1.807) is 0 Å². The summed E-state index contributed by atoms with van der Waals surface area (Å²) in [5, 5.41) is 8.35. The second kappa shape index (κ2) is 7.94. The molecule has 0 aliphatic rings. The highest BCUT2D eigenvalue weighted by atomic mass is 19.1. The Balaban J connectivity index is 2.16. The Labute approximate surface area is 136 Å². The van der Waals surface area contributed by atoms with E-state index in [9.17, 15) is 18.4 Å². The second-order valence-electron chi connectivity index (χ2n) is 4.77. The van der Waals surface area contributed by atoms with Crippen LogP contribution in [0.1, 0.15) is 21.5 Å². The largest absolute Gasteiger partial charge is 0.289 e. The second-order valence-corrected chi connectivity index (χ2v) is 4.77. The number of carbonyl (C=O) groups is 2. The lowest BCUT2D eigenvalue weighted by Gasteiger charge is -2.00. The Kier molecular flexibility index (Phi) is 5.70. The van der Waals surface area contributed by atoms with E-state index in [1.807, 2.05) is 0 Å². The van der Waals surface area contributed by atoms with E-state index in [2.05, 4.69) is 0 Å². The number of allylic oxidation sites excluding steroid dienone is 1. The van der Waals surface area contributed by atoms with Crippen LogP contribution in [0.15, 0.2) is 54.6 Å². The predicted octanol–water partition coefficient (Wildman–Crippen LogP) is 3.38. The quantitative estimate of drug-likeness (QED) is 0.382. The van der Waals surface area contributed by atoms with Gasteiger partial charge in [0.1, 0.15) is 11.6 Å². The molecule has 0 saturated carbocycles. The summed E-state index contributed by atoms with van der Waals surface area (Å²) in [6.07, 6.45) is 4.68. The van der Waals surface area contributed by atoms with E-state index >= 15 is 0 Å². The molecule has 0 radical (unpaired) electrons. The first-order valence-corrected chi connectivity index (χ1v) is 6.90.